The topological polar surface area (TPSA) is 84.0 Å². The van der Waals surface area contributed by atoms with Crippen LogP contribution >= 0.6 is 0 Å². The zero-order valence-corrected chi connectivity index (χ0v) is 13.5. The Morgan fingerprint density at radius 3 is 3.04 bits per heavy atom. The number of likely N-dealkylation sites (tertiary alicyclic amines) is 1. The number of esters is 1. The highest BCUT2D eigenvalue weighted by atomic mass is 16.5. The predicted octanol–water partition coefficient (Wildman–Crippen LogP) is 1.89. The lowest BCUT2D eigenvalue weighted by Crippen LogP contribution is -2.34. The molecule has 7 nitrogen and oxygen atoms in total. The fraction of sp³-hybridized carbons (Fsp3) is 0.500. The van der Waals surface area contributed by atoms with E-state index in [1.54, 1.807) is 6.07 Å². The van der Waals surface area contributed by atoms with Gasteiger partial charge in [-0.1, -0.05) is 19.1 Å². The molecule has 7 heteroatoms. The first-order valence-corrected chi connectivity index (χ1v) is 7.85. The van der Waals surface area contributed by atoms with Crippen molar-refractivity contribution >= 4 is 5.97 Å². The molecule has 1 aliphatic heterocycles. The number of ether oxygens (including phenoxy) is 1. The van der Waals surface area contributed by atoms with Crippen molar-refractivity contribution in [1.82, 2.24) is 25.5 Å². The summed E-state index contributed by atoms with van der Waals surface area (Å²) in [5.41, 5.74) is 2.19. The molecule has 0 aliphatic carbocycles. The molecule has 0 bridgehead atoms. The largest absolute Gasteiger partial charge is 0.465 e. The maximum absolute atomic E-state index is 12.1. The van der Waals surface area contributed by atoms with Crippen molar-refractivity contribution in [2.24, 2.45) is 5.92 Å². The van der Waals surface area contributed by atoms with Gasteiger partial charge in [0.1, 0.15) is 0 Å². The van der Waals surface area contributed by atoms with Crippen LogP contribution in [-0.4, -0.2) is 51.7 Å². The van der Waals surface area contributed by atoms with Gasteiger partial charge in [-0.25, -0.2) is 4.79 Å². The van der Waals surface area contributed by atoms with Crippen LogP contribution in [0.1, 0.15) is 35.7 Å². The van der Waals surface area contributed by atoms with Crippen molar-refractivity contribution in [1.29, 1.82) is 0 Å². The summed E-state index contributed by atoms with van der Waals surface area (Å²) in [4.78, 5) is 14.5. The van der Waals surface area contributed by atoms with Crippen LogP contribution in [0.4, 0.5) is 0 Å². The molecule has 1 atom stereocenters. The first-order chi connectivity index (χ1) is 11.2. The van der Waals surface area contributed by atoms with Gasteiger partial charge in [-0.3, -0.25) is 4.90 Å². The molecule has 1 fully saturated rings. The zero-order valence-electron chi connectivity index (χ0n) is 13.5. The summed E-state index contributed by atoms with van der Waals surface area (Å²) < 4.78 is 4.90. The Morgan fingerprint density at radius 2 is 2.35 bits per heavy atom. The molecule has 1 aromatic carbocycles. The number of carbonyl (C=O) groups is 1. The Labute approximate surface area is 135 Å². The Morgan fingerprint density at radius 1 is 1.48 bits per heavy atom. The number of hydrogen-bond donors (Lipinski definition) is 1. The van der Waals surface area contributed by atoms with Gasteiger partial charge in [0, 0.05) is 18.7 Å². The minimum Gasteiger partial charge on any atom is -0.465 e. The number of benzene rings is 1. The first kappa shape index (κ1) is 15.6. The lowest BCUT2D eigenvalue weighted by molar-refractivity contribution is 0.0601. The van der Waals surface area contributed by atoms with Crippen LogP contribution in [0.2, 0.25) is 0 Å². The van der Waals surface area contributed by atoms with Gasteiger partial charge in [0.2, 0.25) is 5.82 Å². The summed E-state index contributed by atoms with van der Waals surface area (Å²) in [7, 11) is 1.38. The van der Waals surface area contributed by atoms with Crippen molar-refractivity contribution in [3.63, 3.8) is 0 Å². The molecular weight excluding hydrogens is 294 g/mol. The lowest BCUT2D eigenvalue weighted by atomic mass is 9.96. The Kier molecular flexibility index (Phi) is 4.66. The molecule has 122 valence electrons. The van der Waals surface area contributed by atoms with E-state index in [1.165, 1.54) is 20.0 Å². The number of aromatic nitrogens is 4. The van der Waals surface area contributed by atoms with Crippen molar-refractivity contribution in [2.75, 3.05) is 20.2 Å². The van der Waals surface area contributed by atoms with Crippen LogP contribution in [0.25, 0.3) is 11.4 Å². The van der Waals surface area contributed by atoms with Gasteiger partial charge in [0.05, 0.1) is 12.7 Å². The maximum atomic E-state index is 12.1. The molecule has 0 radical (unpaired) electrons. The molecule has 0 spiro atoms. The normalized spacial score (nSPS) is 18.8. The molecule has 1 aromatic heterocycles. The second-order valence-electron chi connectivity index (χ2n) is 6.05. The third kappa shape index (κ3) is 3.39. The third-order valence-corrected chi connectivity index (χ3v) is 4.26. The smallest absolute Gasteiger partial charge is 0.338 e. The van der Waals surface area contributed by atoms with Gasteiger partial charge >= 0.3 is 5.97 Å². The van der Waals surface area contributed by atoms with Crippen LogP contribution in [0.5, 0.6) is 0 Å². The highest BCUT2D eigenvalue weighted by Crippen LogP contribution is 2.27. The number of H-pyrrole nitrogens is 1. The summed E-state index contributed by atoms with van der Waals surface area (Å²) in [5, 5.41) is 14.2. The second-order valence-corrected chi connectivity index (χ2v) is 6.05. The van der Waals surface area contributed by atoms with Gasteiger partial charge in [0.15, 0.2) is 0 Å². The standard InChI is InChI=1S/C16H21N5O2/c1-11-5-4-8-21(9-11)10-12-6-3-7-13(16(22)23-2)14(12)15-17-19-20-18-15/h3,6-7,11H,4-5,8-10H2,1-2H3,(H,17,18,19,20). The van der Waals surface area contributed by atoms with Crippen LogP contribution in [0.3, 0.4) is 0 Å². The second kappa shape index (κ2) is 6.87. The van der Waals surface area contributed by atoms with Gasteiger partial charge in [-0.15, -0.1) is 10.2 Å². The SMILES string of the molecule is COC(=O)c1cccc(CN2CCCC(C)C2)c1-c1nn[nH]n1. The number of aromatic amines is 1. The highest BCUT2D eigenvalue weighted by molar-refractivity contribution is 5.97. The van der Waals surface area contributed by atoms with E-state index in [1.807, 2.05) is 12.1 Å². The fourth-order valence-electron chi connectivity index (χ4n) is 3.21. The van der Waals surface area contributed by atoms with Crippen molar-refractivity contribution in [2.45, 2.75) is 26.3 Å². The molecule has 1 unspecified atom stereocenters. The van der Waals surface area contributed by atoms with Crippen molar-refractivity contribution < 1.29 is 9.53 Å². The van der Waals surface area contributed by atoms with E-state index in [9.17, 15) is 4.79 Å². The highest BCUT2D eigenvalue weighted by Gasteiger charge is 2.23. The molecule has 23 heavy (non-hydrogen) atoms. The predicted molar refractivity (Wildman–Crippen MR) is 84.6 cm³/mol. The van der Waals surface area contributed by atoms with Crippen LogP contribution in [-0.2, 0) is 11.3 Å². The van der Waals surface area contributed by atoms with Gasteiger partial charge < -0.3 is 4.74 Å². The summed E-state index contributed by atoms with van der Waals surface area (Å²) in [5.74, 6) is 0.728. The quantitative estimate of drug-likeness (QED) is 0.867. The molecule has 1 aliphatic rings. The Bertz CT molecular complexity index is 671. The summed E-state index contributed by atoms with van der Waals surface area (Å²) in [6.07, 6.45) is 2.48. The molecular formula is C16H21N5O2. The van der Waals surface area contributed by atoms with E-state index in [4.69, 9.17) is 4.74 Å². The Balaban J connectivity index is 1.97. The van der Waals surface area contributed by atoms with Gasteiger partial charge in [-0.2, -0.15) is 5.21 Å². The number of carbonyl (C=O) groups excluding carboxylic acids is 1. The maximum Gasteiger partial charge on any atom is 0.338 e. The zero-order chi connectivity index (χ0) is 16.2. The van der Waals surface area contributed by atoms with E-state index in [2.05, 4.69) is 32.4 Å². The molecule has 2 aromatic rings. The van der Waals surface area contributed by atoms with Gasteiger partial charge in [-0.05, 0) is 42.1 Å². The molecule has 1 saturated heterocycles. The van der Waals surface area contributed by atoms with Gasteiger partial charge in [0.25, 0.3) is 0 Å². The minimum absolute atomic E-state index is 0.390. The molecule has 2 heterocycles. The van der Waals surface area contributed by atoms with E-state index >= 15 is 0 Å². The molecule has 1 N–H and O–H groups in total. The van der Waals surface area contributed by atoms with E-state index < -0.39 is 5.97 Å². The van der Waals surface area contributed by atoms with Crippen LogP contribution in [0.15, 0.2) is 18.2 Å². The number of nitrogens with one attached hydrogen (secondary N) is 1. The van der Waals surface area contributed by atoms with Crippen molar-refractivity contribution in [3.05, 3.63) is 29.3 Å². The summed E-state index contributed by atoms with van der Waals surface area (Å²) in [6.45, 7) is 5.17. The average Bonchev–Trinajstić information content (AvgIpc) is 3.08. The van der Waals surface area contributed by atoms with E-state index in [0.717, 1.165) is 25.2 Å². The fourth-order valence-corrected chi connectivity index (χ4v) is 3.21. The number of piperidine rings is 1. The monoisotopic (exact) mass is 315 g/mol. The lowest BCUT2D eigenvalue weighted by Gasteiger charge is -2.31. The summed E-state index contributed by atoms with van der Waals surface area (Å²) in [6, 6.07) is 5.62. The number of hydrogen-bond acceptors (Lipinski definition) is 6. The third-order valence-electron chi connectivity index (χ3n) is 4.26. The molecule has 0 saturated carbocycles. The average molecular weight is 315 g/mol. The number of tetrazole rings is 1. The Hall–Kier alpha value is -2.28. The minimum atomic E-state index is -0.390. The molecule has 3 rings (SSSR count). The van der Waals surface area contributed by atoms with Crippen LogP contribution < -0.4 is 0 Å². The van der Waals surface area contributed by atoms with Crippen molar-refractivity contribution in [3.8, 4) is 11.4 Å². The number of methoxy groups -OCH3 is 1. The van der Waals surface area contributed by atoms with Crippen LogP contribution in [0, 0.1) is 5.92 Å². The summed E-state index contributed by atoms with van der Waals surface area (Å²) >= 11 is 0. The number of rotatable bonds is 4. The first-order valence-electron chi connectivity index (χ1n) is 7.85. The van der Waals surface area contributed by atoms with E-state index in [0.29, 0.717) is 22.9 Å². The number of nitrogens with zero attached hydrogens (tertiary/aromatic N) is 4. The molecule has 0 amide bonds. The van der Waals surface area contributed by atoms with E-state index in [-0.39, 0.29) is 0 Å².